The third-order valence-electron chi connectivity index (χ3n) is 3.61. The second-order valence-electron chi connectivity index (χ2n) is 5.33. The summed E-state index contributed by atoms with van der Waals surface area (Å²) in [7, 11) is 0. The van der Waals surface area contributed by atoms with Crippen molar-refractivity contribution in [2.24, 2.45) is 0 Å². The average Bonchev–Trinajstić information content (AvgIpc) is 2.52. The van der Waals surface area contributed by atoms with E-state index in [9.17, 15) is 19.1 Å². The molecule has 25 heavy (non-hydrogen) atoms. The van der Waals surface area contributed by atoms with Gasteiger partial charge in [-0.2, -0.15) is 0 Å². The number of H-pyrrole nitrogens is 1. The fourth-order valence-corrected chi connectivity index (χ4v) is 3.03. The van der Waals surface area contributed by atoms with Crippen LogP contribution < -0.4 is 10.7 Å². The first-order chi connectivity index (χ1) is 11.8. The Morgan fingerprint density at radius 3 is 2.60 bits per heavy atom. The number of fused-ring (bicyclic) bond motifs is 1. The third kappa shape index (κ3) is 3.06. The number of Topliss-reactive ketones (excluding diaryl/α,β-unsaturated/α-hetero) is 1. The van der Waals surface area contributed by atoms with Gasteiger partial charge in [0.2, 0.25) is 5.43 Å². The van der Waals surface area contributed by atoms with Crippen molar-refractivity contribution in [3.8, 4) is 5.75 Å². The second kappa shape index (κ2) is 6.38. The van der Waals surface area contributed by atoms with E-state index in [1.807, 2.05) is 0 Å². The number of aromatic amines is 1. The van der Waals surface area contributed by atoms with Crippen LogP contribution in [-0.4, -0.2) is 15.9 Å². The number of hydrogen-bond acceptors (Lipinski definition) is 4. The fraction of sp³-hybridized carbons (Fsp3) is 0.0588. The number of benzene rings is 2. The summed E-state index contributed by atoms with van der Waals surface area (Å²) in [5.41, 5.74) is -0.531. The van der Waals surface area contributed by atoms with Gasteiger partial charge in [0.15, 0.2) is 5.78 Å². The van der Waals surface area contributed by atoms with Gasteiger partial charge in [0.25, 0.3) is 0 Å². The number of rotatable bonds is 3. The molecule has 3 aromatic rings. The van der Waals surface area contributed by atoms with Gasteiger partial charge >= 0.3 is 0 Å². The quantitative estimate of drug-likeness (QED) is 0.578. The van der Waals surface area contributed by atoms with Crippen LogP contribution in [0.1, 0.15) is 17.3 Å². The van der Waals surface area contributed by atoms with E-state index in [1.54, 1.807) is 6.07 Å². The molecule has 0 fully saturated rings. The number of halogens is 3. The van der Waals surface area contributed by atoms with E-state index in [0.717, 1.165) is 0 Å². The zero-order valence-corrected chi connectivity index (χ0v) is 14.3. The molecule has 0 unspecified atom stereocenters. The number of phenolic OH excluding ortho intramolecular Hbond substituents is 1. The Hall–Kier alpha value is -2.57. The van der Waals surface area contributed by atoms with E-state index in [-0.39, 0.29) is 32.3 Å². The number of aromatic hydroxyl groups is 1. The molecular weight excluding hydrogens is 370 g/mol. The number of carbonyl (C=O) groups excluding carboxylic acids is 1. The molecule has 1 heterocycles. The molecule has 0 bridgehead atoms. The molecule has 0 aliphatic rings. The van der Waals surface area contributed by atoms with E-state index >= 15 is 0 Å². The van der Waals surface area contributed by atoms with Gasteiger partial charge < -0.3 is 15.4 Å². The van der Waals surface area contributed by atoms with Crippen LogP contribution in [0.2, 0.25) is 10.0 Å². The number of pyridine rings is 1. The number of anilines is 2. The fourth-order valence-electron chi connectivity index (χ4n) is 2.52. The van der Waals surface area contributed by atoms with Gasteiger partial charge in [0.05, 0.1) is 20.9 Å². The van der Waals surface area contributed by atoms with Gasteiger partial charge in [-0.25, -0.2) is 4.39 Å². The van der Waals surface area contributed by atoms with Crippen LogP contribution in [0.5, 0.6) is 5.75 Å². The molecule has 0 aliphatic carbocycles. The van der Waals surface area contributed by atoms with E-state index in [4.69, 9.17) is 23.2 Å². The molecule has 3 rings (SSSR count). The van der Waals surface area contributed by atoms with E-state index in [1.165, 1.54) is 31.2 Å². The summed E-state index contributed by atoms with van der Waals surface area (Å²) in [4.78, 5) is 27.5. The van der Waals surface area contributed by atoms with Crippen molar-refractivity contribution in [3.05, 3.63) is 62.0 Å². The minimum Gasteiger partial charge on any atom is -0.506 e. The first kappa shape index (κ1) is 17.3. The van der Waals surface area contributed by atoms with Gasteiger partial charge in [-0.3, -0.25) is 9.59 Å². The molecule has 0 radical (unpaired) electrons. The van der Waals surface area contributed by atoms with Crippen molar-refractivity contribution in [3.63, 3.8) is 0 Å². The van der Waals surface area contributed by atoms with Crippen LogP contribution in [0, 0.1) is 5.82 Å². The maximum atomic E-state index is 13.4. The topological polar surface area (TPSA) is 82.2 Å². The lowest BCUT2D eigenvalue weighted by Crippen LogP contribution is -2.18. The van der Waals surface area contributed by atoms with Gasteiger partial charge in [0, 0.05) is 5.69 Å². The molecule has 0 saturated heterocycles. The van der Waals surface area contributed by atoms with E-state index in [2.05, 4.69) is 10.3 Å². The highest BCUT2D eigenvalue weighted by Gasteiger charge is 2.21. The molecule has 0 spiro atoms. The van der Waals surface area contributed by atoms with E-state index < -0.39 is 22.8 Å². The lowest BCUT2D eigenvalue weighted by atomic mass is 10.1. The summed E-state index contributed by atoms with van der Waals surface area (Å²) < 4.78 is 13.4. The van der Waals surface area contributed by atoms with Crippen LogP contribution in [0.15, 0.2) is 35.1 Å². The Balaban J connectivity index is 2.33. The normalized spacial score (nSPS) is 10.9. The maximum absolute atomic E-state index is 13.4. The van der Waals surface area contributed by atoms with Crippen LogP contribution >= 0.6 is 23.2 Å². The summed E-state index contributed by atoms with van der Waals surface area (Å²) in [6.45, 7) is 1.20. The largest absolute Gasteiger partial charge is 0.506 e. The number of hydrogen-bond donors (Lipinski definition) is 3. The molecule has 3 N–H and O–H groups in total. The Labute approximate surface area is 151 Å². The number of carbonyl (C=O) groups is 1. The Bertz CT molecular complexity index is 1080. The van der Waals surface area contributed by atoms with Crippen LogP contribution in [0.4, 0.5) is 15.9 Å². The number of aromatic nitrogens is 1. The van der Waals surface area contributed by atoms with Gasteiger partial charge in [-0.1, -0.05) is 29.3 Å². The zero-order valence-electron chi connectivity index (χ0n) is 12.8. The molecule has 0 aliphatic heterocycles. The molecule has 2 aromatic carbocycles. The molecule has 0 atom stereocenters. The lowest BCUT2D eigenvalue weighted by molar-refractivity contribution is 0.101. The highest BCUT2D eigenvalue weighted by atomic mass is 35.5. The molecule has 0 amide bonds. The smallest absolute Gasteiger partial charge is 0.206 e. The van der Waals surface area contributed by atoms with Crippen molar-refractivity contribution in [1.29, 1.82) is 0 Å². The standard InChI is InChI=1S/C17H11Cl2FN2O3/c1-7(23)12-16(25)13-14(10(18)6-11(19)15(13)24)22-17(12)21-9-4-2-3-8(20)5-9/h2-6,24H,1H3,(H2,21,22,25). The van der Waals surface area contributed by atoms with Crippen molar-refractivity contribution in [1.82, 2.24) is 4.98 Å². The minimum absolute atomic E-state index is 0.0409. The summed E-state index contributed by atoms with van der Waals surface area (Å²) in [6.07, 6.45) is 0. The number of nitrogens with one attached hydrogen (secondary N) is 2. The lowest BCUT2D eigenvalue weighted by Gasteiger charge is -2.14. The summed E-state index contributed by atoms with van der Waals surface area (Å²) in [5.74, 6) is -1.46. The van der Waals surface area contributed by atoms with Crippen LogP contribution in [0.25, 0.3) is 10.9 Å². The molecule has 5 nitrogen and oxygen atoms in total. The molecule has 0 saturated carbocycles. The highest BCUT2D eigenvalue weighted by Crippen LogP contribution is 2.36. The first-order valence-corrected chi connectivity index (χ1v) is 7.85. The predicted molar refractivity (Wildman–Crippen MR) is 95.9 cm³/mol. The van der Waals surface area contributed by atoms with Crippen molar-refractivity contribution < 1.29 is 14.3 Å². The Morgan fingerprint density at radius 1 is 1.24 bits per heavy atom. The van der Waals surface area contributed by atoms with Gasteiger partial charge in [0.1, 0.15) is 22.9 Å². The molecule has 128 valence electrons. The second-order valence-corrected chi connectivity index (χ2v) is 6.15. The SMILES string of the molecule is CC(=O)c1c(Nc2cccc(F)c2)[nH]c2c(Cl)cc(Cl)c(O)c2c1=O. The Kier molecular flexibility index (Phi) is 4.41. The van der Waals surface area contributed by atoms with Crippen LogP contribution in [-0.2, 0) is 0 Å². The minimum atomic E-state index is -0.734. The first-order valence-electron chi connectivity index (χ1n) is 7.10. The number of phenols is 1. The maximum Gasteiger partial charge on any atom is 0.206 e. The Morgan fingerprint density at radius 2 is 1.96 bits per heavy atom. The predicted octanol–water partition coefficient (Wildman–Crippen LogP) is 4.63. The summed E-state index contributed by atoms with van der Waals surface area (Å²) >= 11 is 12.0. The van der Waals surface area contributed by atoms with Gasteiger partial charge in [-0.15, -0.1) is 0 Å². The molecule has 8 heteroatoms. The molecule has 1 aromatic heterocycles. The number of ketones is 1. The van der Waals surface area contributed by atoms with E-state index in [0.29, 0.717) is 5.69 Å². The van der Waals surface area contributed by atoms with Crippen molar-refractivity contribution in [2.75, 3.05) is 5.32 Å². The third-order valence-corrected chi connectivity index (χ3v) is 4.19. The highest BCUT2D eigenvalue weighted by molar-refractivity contribution is 6.39. The summed E-state index contributed by atoms with van der Waals surface area (Å²) in [5, 5.41) is 12.7. The monoisotopic (exact) mass is 380 g/mol. The molecular formula is C17H11Cl2FN2O3. The summed E-state index contributed by atoms with van der Waals surface area (Å²) in [6, 6.07) is 6.78. The zero-order chi connectivity index (χ0) is 18.3. The van der Waals surface area contributed by atoms with Crippen LogP contribution in [0.3, 0.4) is 0 Å². The average molecular weight is 381 g/mol. The van der Waals surface area contributed by atoms with Gasteiger partial charge in [-0.05, 0) is 31.2 Å². The van der Waals surface area contributed by atoms with Crippen molar-refractivity contribution in [2.45, 2.75) is 6.92 Å². The van der Waals surface area contributed by atoms with Crippen molar-refractivity contribution >= 4 is 51.4 Å².